The summed E-state index contributed by atoms with van der Waals surface area (Å²) in [5, 5.41) is 10.7. The maximum atomic E-state index is 10.3. The maximum absolute atomic E-state index is 10.3. The number of rotatable bonds is 5. The standard InChI is InChI=1S/C10H13ClN4O2/c1-2-14(10(12)7-15(16)17)6-8-3-4-9(11)13-5-8/h3-5,7H,2,6,12H2,1H3. The van der Waals surface area contributed by atoms with Crippen LogP contribution in [0.25, 0.3) is 0 Å². The van der Waals surface area contributed by atoms with Crippen molar-refractivity contribution >= 4 is 11.6 Å². The number of nitrogens with zero attached hydrogens (tertiary/aromatic N) is 3. The van der Waals surface area contributed by atoms with E-state index in [-0.39, 0.29) is 5.82 Å². The van der Waals surface area contributed by atoms with Crippen LogP contribution in [-0.2, 0) is 6.54 Å². The smallest absolute Gasteiger partial charge is 0.274 e. The summed E-state index contributed by atoms with van der Waals surface area (Å²) in [6.07, 6.45) is 2.40. The Labute approximate surface area is 104 Å². The number of halogens is 1. The molecule has 17 heavy (non-hydrogen) atoms. The number of hydrogen-bond donors (Lipinski definition) is 1. The Kier molecular flexibility index (Phi) is 4.71. The first-order valence-corrected chi connectivity index (χ1v) is 5.37. The Bertz CT molecular complexity index is 419. The summed E-state index contributed by atoms with van der Waals surface area (Å²) >= 11 is 5.66. The molecule has 0 bridgehead atoms. The van der Waals surface area contributed by atoms with Crippen LogP contribution in [-0.4, -0.2) is 21.4 Å². The Morgan fingerprint density at radius 1 is 1.71 bits per heavy atom. The summed E-state index contributed by atoms with van der Waals surface area (Å²) in [5.74, 6) is 0.118. The molecule has 0 aliphatic carbocycles. The summed E-state index contributed by atoms with van der Waals surface area (Å²) < 4.78 is 0. The fraction of sp³-hybridized carbons (Fsp3) is 0.300. The minimum atomic E-state index is -0.571. The molecule has 92 valence electrons. The Hall–Kier alpha value is -1.82. The number of nitro groups is 1. The molecule has 1 aromatic rings. The minimum Gasteiger partial charge on any atom is -0.380 e. The Morgan fingerprint density at radius 2 is 2.41 bits per heavy atom. The molecule has 0 saturated heterocycles. The lowest BCUT2D eigenvalue weighted by molar-refractivity contribution is -0.404. The summed E-state index contributed by atoms with van der Waals surface area (Å²) in [5.41, 5.74) is 6.49. The lowest BCUT2D eigenvalue weighted by atomic mass is 10.2. The molecular formula is C10H13ClN4O2. The van der Waals surface area contributed by atoms with E-state index in [0.29, 0.717) is 18.2 Å². The molecule has 7 heteroatoms. The van der Waals surface area contributed by atoms with Gasteiger partial charge in [0.1, 0.15) is 5.15 Å². The minimum absolute atomic E-state index is 0.118. The van der Waals surface area contributed by atoms with Crippen LogP contribution >= 0.6 is 11.6 Å². The predicted molar refractivity (Wildman–Crippen MR) is 64.6 cm³/mol. The molecule has 1 rings (SSSR count). The van der Waals surface area contributed by atoms with Gasteiger partial charge in [0, 0.05) is 19.3 Å². The number of aromatic nitrogens is 1. The normalized spacial score (nSPS) is 11.3. The van der Waals surface area contributed by atoms with Gasteiger partial charge in [-0.2, -0.15) is 0 Å². The molecule has 0 aliphatic heterocycles. The van der Waals surface area contributed by atoms with E-state index in [0.717, 1.165) is 11.8 Å². The van der Waals surface area contributed by atoms with Gasteiger partial charge in [-0.05, 0) is 18.6 Å². The van der Waals surface area contributed by atoms with Gasteiger partial charge in [0.25, 0.3) is 6.20 Å². The van der Waals surface area contributed by atoms with Gasteiger partial charge in [0.05, 0.1) is 4.92 Å². The topological polar surface area (TPSA) is 85.3 Å². The molecule has 0 saturated carbocycles. The molecule has 0 amide bonds. The van der Waals surface area contributed by atoms with Crippen molar-refractivity contribution in [3.05, 3.63) is 51.2 Å². The Morgan fingerprint density at radius 3 is 2.88 bits per heavy atom. The third-order valence-corrected chi connectivity index (χ3v) is 2.37. The second-order valence-corrected chi connectivity index (χ2v) is 3.73. The molecule has 0 radical (unpaired) electrons. The molecule has 0 spiro atoms. The van der Waals surface area contributed by atoms with Gasteiger partial charge in [0.2, 0.25) is 0 Å². The fourth-order valence-corrected chi connectivity index (χ4v) is 1.41. The van der Waals surface area contributed by atoms with Crippen molar-refractivity contribution in [2.75, 3.05) is 6.54 Å². The molecule has 1 heterocycles. The second-order valence-electron chi connectivity index (χ2n) is 3.34. The van der Waals surface area contributed by atoms with Crippen LogP contribution in [0, 0.1) is 10.1 Å². The number of nitrogens with two attached hydrogens (primary N) is 1. The highest BCUT2D eigenvalue weighted by atomic mass is 35.5. The maximum Gasteiger partial charge on any atom is 0.274 e. The van der Waals surface area contributed by atoms with Gasteiger partial charge >= 0.3 is 0 Å². The zero-order valence-electron chi connectivity index (χ0n) is 9.34. The average Bonchev–Trinajstić information content (AvgIpc) is 2.27. The molecular weight excluding hydrogens is 244 g/mol. The zero-order chi connectivity index (χ0) is 12.8. The van der Waals surface area contributed by atoms with Crippen molar-refractivity contribution in [3.63, 3.8) is 0 Å². The van der Waals surface area contributed by atoms with Gasteiger partial charge in [-0.3, -0.25) is 10.1 Å². The van der Waals surface area contributed by atoms with E-state index in [1.54, 1.807) is 23.2 Å². The molecule has 2 N–H and O–H groups in total. The molecule has 0 fully saturated rings. The van der Waals surface area contributed by atoms with Crippen LogP contribution in [0.3, 0.4) is 0 Å². The largest absolute Gasteiger partial charge is 0.380 e. The van der Waals surface area contributed by atoms with Crippen molar-refractivity contribution in [3.8, 4) is 0 Å². The molecule has 0 aromatic carbocycles. The molecule has 0 aliphatic rings. The van der Waals surface area contributed by atoms with Crippen LogP contribution in [0.2, 0.25) is 5.15 Å². The first-order valence-electron chi connectivity index (χ1n) is 4.99. The lowest BCUT2D eigenvalue weighted by Crippen LogP contribution is -2.28. The molecule has 1 aromatic heterocycles. The van der Waals surface area contributed by atoms with Crippen LogP contribution in [0.4, 0.5) is 0 Å². The molecule has 0 atom stereocenters. The first-order chi connectivity index (χ1) is 8.02. The quantitative estimate of drug-likeness (QED) is 0.491. The third-order valence-electron chi connectivity index (χ3n) is 2.15. The summed E-state index contributed by atoms with van der Waals surface area (Å²) in [4.78, 5) is 15.4. The van der Waals surface area contributed by atoms with E-state index in [2.05, 4.69) is 4.98 Å². The number of pyridine rings is 1. The van der Waals surface area contributed by atoms with Crippen LogP contribution in [0.15, 0.2) is 30.4 Å². The van der Waals surface area contributed by atoms with Crippen LogP contribution < -0.4 is 5.73 Å². The SMILES string of the molecule is CCN(Cc1ccc(Cl)nc1)C(N)=C[N+](=O)[O-]. The van der Waals surface area contributed by atoms with Gasteiger partial charge < -0.3 is 10.6 Å². The Balaban J connectivity index is 2.76. The van der Waals surface area contributed by atoms with Gasteiger partial charge in [-0.1, -0.05) is 17.7 Å². The summed E-state index contributed by atoms with van der Waals surface area (Å²) in [6.45, 7) is 2.89. The number of hydrogen-bond acceptors (Lipinski definition) is 5. The van der Waals surface area contributed by atoms with Crippen molar-refractivity contribution in [1.29, 1.82) is 0 Å². The van der Waals surface area contributed by atoms with E-state index in [1.807, 2.05) is 6.92 Å². The summed E-state index contributed by atoms with van der Waals surface area (Å²) in [6, 6.07) is 3.47. The van der Waals surface area contributed by atoms with E-state index >= 15 is 0 Å². The summed E-state index contributed by atoms with van der Waals surface area (Å²) in [7, 11) is 0. The molecule has 0 unspecified atom stereocenters. The lowest BCUT2D eigenvalue weighted by Gasteiger charge is -2.21. The van der Waals surface area contributed by atoms with E-state index < -0.39 is 4.92 Å². The van der Waals surface area contributed by atoms with Crippen molar-refractivity contribution < 1.29 is 4.92 Å². The highest BCUT2D eigenvalue weighted by Crippen LogP contribution is 2.09. The van der Waals surface area contributed by atoms with Crippen molar-refractivity contribution in [2.24, 2.45) is 5.73 Å². The van der Waals surface area contributed by atoms with Crippen LogP contribution in [0.5, 0.6) is 0 Å². The third kappa shape index (κ3) is 4.28. The van der Waals surface area contributed by atoms with Crippen molar-refractivity contribution in [1.82, 2.24) is 9.88 Å². The van der Waals surface area contributed by atoms with Gasteiger partial charge in [0.15, 0.2) is 5.82 Å². The zero-order valence-corrected chi connectivity index (χ0v) is 10.1. The van der Waals surface area contributed by atoms with Crippen molar-refractivity contribution in [2.45, 2.75) is 13.5 Å². The fourth-order valence-electron chi connectivity index (χ4n) is 1.30. The highest BCUT2D eigenvalue weighted by Gasteiger charge is 2.08. The average molecular weight is 257 g/mol. The van der Waals surface area contributed by atoms with Gasteiger partial charge in [-0.15, -0.1) is 0 Å². The monoisotopic (exact) mass is 256 g/mol. The van der Waals surface area contributed by atoms with Gasteiger partial charge in [-0.25, -0.2) is 4.98 Å². The van der Waals surface area contributed by atoms with E-state index in [1.165, 1.54) is 0 Å². The predicted octanol–water partition coefficient (Wildman–Crippen LogP) is 1.59. The first kappa shape index (κ1) is 13.2. The molecule has 6 nitrogen and oxygen atoms in total. The second kappa shape index (κ2) is 6.05. The van der Waals surface area contributed by atoms with Crippen LogP contribution in [0.1, 0.15) is 12.5 Å². The highest BCUT2D eigenvalue weighted by molar-refractivity contribution is 6.29. The van der Waals surface area contributed by atoms with E-state index in [4.69, 9.17) is 17.3 Å². The van der Waals surface area contributed by atoms with E-state index in [9.17, 15) is 10.1 Å².